The van der Waals surface area contributed by atoms with E-state index in [0.29, 0.717) is 27.0 Å². The predicted molar refractivity (Wildman–Crippen MR) is 98.1 cm³/mol. The molecule has 0 aliphatic carbocycles. The Hall–Kier alpha value is -2.24. The Bertz CT molecular complexity index is 746. The van der Waals surface area contributed by atoms with E-state index in [9.17, 15) is 9.59 Å². The third-order valence-electron chi connectivity index (χ3n) is 3.00. The van der Waals surface area contributed by atoms with E-state index in [1.54, 1.807) is 42.5 Å². The molecule has 126 valence electrons. The lowest BCUT2D eigenvalue weighted by Gasteiger charge is -2.11. The van der Waals surface area contributed by atoms with Crippen LogP contribution in [0.3, 0.4) is 0 Å². The van der Waals surface area contributed by atoms with Gasteiger partial charge in [0, 0.05) is 22.3 Å². The quantitative estimate of drug-likeness (QED) is 0.729. The standard InChI is InChI=1S/C17H17Cl2N3O2/c1-10(2)20-16(23)11-3-6-13(7-4-11)21-17(24)22-15-8-5-12(18)9-14(15)19/h3-10H,1-2H3,(H,20,23)(H2,21,22,24). The van der Waals surface area contributed by atoms with Crippen molar-refractivity contribution in [1.29, 1.82) is 0 Å². The second-order valence-corrected chi connectivity index (χ2v) is 6.25. The van der Waals surface area contributed by atoms with E-state index >= 15 is 0 Å². The van der Waals surface area contributed by atoms with Crippen LogP contribution in [0.2, 0.25) is 10.0 Å². The lowest BCUT2D eigenvalue weighted by atomic mass is 10.2. The van der Waals surface area contributed by atoms with Gasteiger partial charge in [-0.2, -0.15) is 0 Å². The zero-order chi connectivity index (χ0) is 17.7. The van der Waals surface area contributed by atoms with Crippen molar-refractivity contribution in [3.05, 3.63) is 58.1 Å². The summed E-state index contributed by atoms with van der Waals surface area (Å²) in [6.07, 6.45) is 0. The monoisotopic (exact) mass is 365 g/mol. The number of anilines is 2. The maximum Gasteiger partial charge on any atom is 0.323 e. The zero-order valence-electron chi connectivity index (χ0n) is 13.2. The number of amides is 3. The molecule has 0 bridgehead atoms. The lowest BCUT2D eigenvalue weighted by Crippen LogP contribution is -2.30. The predicted octanol–water partition coefficient (Wildman–Crippen LogP) is 4.78. The summed E-state index contributed by atoms with van der Waals surface area (Å²) in [5, 5.41) is 8.93. The summed E-state index contributed by atoms with van der Waals surface area (Å²) in [4.78, 5) is 23.8. The van der Waals surface area contributed by atoms with Gasteiger partial charge in [0.2, 0.25) is 0 Å². The van der Waals surface area contributed by atoms with Gasteiger partial charge < -0.3 is 16.0 Å². The molecule has 5 nitrogen and oxygen atoms in total. The fourth-order valence-electron chi connectivity index (χ4n) is 1.93. The Morgan fingerprint density at radius 1 is 0.958 bits per heavy atom. The molecule has 2 aromatic carbocycles. The van der Waals surface area contributed by atoms with Crippen molar-refractivity contribution in [2.24, 2.45) is 0 Å². The van der Waals surface area contributed by atoms with Crippen molar-refractivity contribution in [1.82, 2.24) is 5.32 Å². The summed E-state index contributed by atoms with van der Waals surface area (Å²) in [5.41, 5.74) is 1.53. The van der Waals surface area contributed by atoms with Gasteiger partial charge in [0.25, 0.3) is 5.91 Å². The van der Waals surface area contributed by atoms with E-state index in [1.807, 2.05) is 13.8 Å². The van der Waals surface area contributed by atoms with Gasteiger partial charge in [0.15, 0.2) is 0 Å². The molecule has 0 aliphatic rings. The first-order chi connectivity index (χ1) is 11.3. The van der Waals surface area contributed by atoms with Crippen molar-refractivity contribution in [2.45, 2.75) is 19.9 Å². The summed E-state index contributed by atoms with van der Waals surface area (Å²) in [6, 6.07) is 11.0. The van der Waals surface area contributed by atoms with Gasteiger partial charge in [-0.1, -0.05) is 23.2 Å². The SMILES string of the molecule is CC(C)NC(=O)c1ccc(NC(=O)Nc2ccc(Cl)cc2Cl)cc1. The molecular formula is C17H17Cl2N3O2. The van der Waals surface area contributed by atoms with E-state index in [1.165, 1.54) is 0 Å². The molecule has 0 fully saturated rings. The van der Waals surface area contributed by atoms with Gasteiger partial charge in [0.1, 0.15) is 0 Å². The molecule has 7 heteroatoms. The van der Waals surface area contributed by atoms with Crippen LogP contribution < -0.4 is 16.0 Å². The molecule has 0 heterocycles. The first-order valence-corrected chi connectivity index (χ1v) is 8.04. The number of carbonyl (C=O) groups excluding carboxylic acids is 2. The molecule has 3 N–H and O–H groups in total. The van der Waals surface area contributed by atoms with Gasteiger partial charge in [-0.05, 0) is 56.3 Å². The molecule has 0 aliphatic heterocycles. The lowest BCUT2D eigenvalue weighted by molar-refractivity contribution is 0.0943. The summed E-state index contributed by atoms with van der Waals surface area (Å²) in [5.74, 6) is -0.158. The second-order valence-electron chi connectivity index (χ2n) is 5.41. The summed E-state index contributed by atoms with van der Waals surface area (Å²) >= 11 is 11.8. The van der Waals surface area contributed by atoms with Crippen molar-refractivity contribution in [2.75, 3.05) is 10.6 Å². The highest BCUT2D eigenvalue weighted by Crippen LogP contribution is 2.25. The van der Waals surface area contributed by atoms with Crippen molar-refractivity contribution >= 4 is 46.5 Å². The third-order valence-corrected chi connectivity index (χ3v) is 3.55. The fraction of sp³-hybridized carbons (Fsp3) is 0.176. The number of urea groups is 1. The number of rotatable bonds is 4. The van der Waals surface area contributed by atoms with Crippen LogP contribution in [-0.2, 0) is 0 Å². The number of hydrogen-bond acceptors (Lipinski definition) is 2. The molecule has 3 amide bonds. The number of benzene rings is 2. The summed E-state index contributed by atoms with van der Waals surface area (Å²) < 4.78 is 0. The minimum atomic E-state index is -0.446. The van der Waals surface area contributed by atoms with Gasteiger partial charge >= 0.3 is 6.03 Å². The van der Waals surface area contributed by atoms with Crippen LogP contribution in [0.15, 0.2) is 42.5 Å². The van der Waals surface area contributed by atoms with Crippen molar-refractivity contribution < 1.29 is 9.59 Å². The van der Waals surface area contributed by atoms with E-state index in [4.69, 9.17) is 23.2 Å². The highest BCUT2D eigenvalue weighted by atomic mass is 35.5. The molecule has 0 radical (unpaired) electrons. The normalized spacial score (nSPS) is 10.4. The molecule has 2 rings (SSSR count). The number of hydrogen-bond donors (Lipinski definition) is 3. The van der Waals surface area contributed by atoms with Gasteiger partial charge in [-0.15, -0.1) is 0 Å². The minimum absolute atomic E-state index is 0.0604. The average Bonchev–Trinajstić information content (AvgIpc) is 2.50. The molecular weight excluding hydrogens is 349 g/mol. The van der Waals surface area contributed by atoms with Crippen LogP contribution in [0, 0.1) is 0 Å². The van der Waals surface area contributed by atoms with Crippen LogP contribution in [-0.4, -0.2) is 18.0 Å². The molecule has 0 atom stereocenters. The van der Waals surface area contributed by atoms with Gasteiger partial charge in [-0.25, -0.2) is 4.79 Å². The maximum absolute atomic E-state index is 12.0. The van der Waals surface area contributed by atoms with Crippen LogP contribution in [0.25, 0.3) is 0 Å². The van der Waals surface area contributed by atoms with Crippen molar-refractivity contribution in [3.8, 4) is 0 Å². The van der Waals surface area contributed by atoms with Crippen LogP contribution in [0.1, 0.15) is 24.2 Å². The second kappa shape index (κ2) is 8.04. The molecule has 2 aromatic rings. The minimum Gasteiger partial charge on any atom is -0.350 e. The van der Waals surface area contributed by atoms with Gasteiger partial charge in [-0.3, -0.25) is 4.79 Å². The smallest absolute Gasteiger partial charge is 0.323 e. The first-order valence-electron chi connectivity index (χ1n) is 7.29. The zero-order valence-corrected chi connectivity index (χ0v) is 14.7. The molecule has 0 aromatic heterocycles. The fourth-order valence-corrected chi connectivity index (χ4v) is 2.38. The van der Waals surface area contributed by atoms with Crippen LogP contribution in [0.5, 0.6) is 0 Å². The Morgan fingerprint density at radius 3 is 2.21 bits per heavy atom. The average molecular weight is 366 g/mol. The van der Waals surface area contributed by atoms with E-state index in [-0.39, 0.29) is 11.9 Å². The van der Waals surface area contributed by atoms with E-state index in [0.717, 1.165) is 0 Å². The maximum atomic E-state index is 12.0. The number of halogens is 2. The summed E-state index contributed by atoms with van der Waals surface area (Å²) in [6.45, 7) is 3.78. The van der Waals surface area contributed by atoms with E-state index < -0.39 is 6.03 Å². The van der Waals surface area contributed by atoms with E-state index in [2.05, 4.69) is 16.0 Å². The molecule has 0 saturated carbocycles. The van der Waals surface area contributed by atoms with Crippen LogP contribution in [0.4, 0.5) is 16.2 Å². The largest absolute Gasteiger partial charge is 0.350 e. The molecule has 24 heavy (non-hydrogen) atoms. The Kier molecular flexibility index (Phi) is 6.06. The Morgan fingerprint density at radius 2 is 1.62 bits per heavy atom. The molecule has 0 unspecified atom stereocenters. The first kappa shape index (κ1) is 18.1. The van der Waals surface area contributed by atoms with Crippen molar-refractivity contribution in [3.63, 3.8) is 0 Å². The summed E-state index contributed by atoms with van der Waals surface area (Å²) in [7, 11) is 0. The highest BCUT2D eigenvalue weighted by Gasteiger charge is 2.09. The number of nitrogens with one attached hydrogen (secondary N) is 3. The topological polar surface area (TPSA) is 70.2 Å². The molecule has 0 spiro atoms. The highest BCUT2D eigenvalue weighted by molar-refractivity contribution is 6.36. The Balaban J connectivity index is 1.98. The Labute approximate surface area is 150 Å². The third kappa shape index (κ3) is 5.15. The number of carbonyl (C=O) groups is 2. The molecule has 0 saturated heterocycles. The van der Waals surface area contributed by atoms with Gasteiger partial charge in [0.05, 0.1) is 10.7 Å². The van der Waals surface area contributed by atoms with Crippen LogP contribution >= 0.6 is 23.2 Å².